The Balaban J connectivity index is 1.74. The number of rotatable bonds is 9. The van der Waals surface area contributed by atoms with Crippen LogP contribution in [0.2, 0.25) is 5.04 Å². The molecule has 1 unspecified atom stereocenters. The Kier molecular flexibility index (Phi) is 7.75. The Hall–Kier alpha value is -2.35. The first kappa shape index (κ1) is 23.3. The molecule has 0 spiro atoms. The number of benzene rings is 2. The summed E-state index contributed by atoms with van der Waals surface area (Å²) in [7, 11) is -0.825. The van der Waals surface area contributed by atoms with Gasteiger partial charge >= 0.3 is 0 Å². The van der Waals surface area contributed by atoms with Crippen molar-refractivity contribution in [2.24, 2.45) is 5.92 Å². The maximum atomic E-state index is 11.8. The lowest BCUT2D eigenvalue weighted by atomic mass is 9.99. The molecule has 0 aromatic heterocycles. The highest BCUT2D eigenvalue weighted by Gasteiger charge is 2.27. The highest BCUT2D eigenvalue weighted by atomic mass is 32.2. The number of amides is 2. The third kappa shape index (κ3) is 6.56. The van der Waals surface area contributed by atoms with Gasteiger partial charge in [-0.05, 0) is 52.1 Å². The molecule has 1 heterocycles. The molecule has 7 heteroatoms. The van der Waals surface area contributed by atoms with Crippen molar-refractivity contribution in [1.29, 1.82) is 0 Å². The molecule has 1 aliphatic rings. The SMILES string of the molecule is CC(C)C(C)(C)[SiH2]OC(COc1ccccc1)c1ccc(/C=C2\SC(=O)NC2=O)cc1. The summed E-state index contributed by atoms with van der Waals surface area (Å²) in [5.74, 6) is 1.01. The summed E-state index contributed by atoms with van der Waals surface area (Å²) >= 11 is 0.921. The van der Waals surface area contributed by atoms with Crippen molar-refractivity contribution < 1.29 is 18.8 Å². The molecule has 1 aliphatic heterocycles. The molecular formula is C24H29NO4SSi. The fraction of sp³-hybridized carbons (Fsp3) is 0.333. The van der Waals surface area contributed by atoms with Crippen molar-refractivity contribution in [2.75, 3.05) is 6.61 Å². The summed E-state index contributed by atoms with van der Waals surface area (Å²) in [4.78, 5) is 23.5. The molecule has 1 fully saturated rings. The first-order chi connectivity index (χ1) is 14.7. The fourth-order valence-corrected chi connectivity index (χ4v) is 4.73. The van der Waals surface area contributed by atoms with Crippen LogP contribution in [0.25, 0.3) is 6.08 Å². The van der Waals surface area contributed by atoms with E-state index in [0.29, 0.717) is 17.4 Å². The smallest absolute Gasteiger partial charge is 0.290 e. The Morgan fingerprint density at radius 2 is 1.74 bits per heavy atom. The number of nitrogens with one attached hydrogen (secondary N) is 1. The second kappa shape index (κ2) is 10.3. The molecule has 2 aromatic rings. The van der Waals surface area contributed by atoms with Crippen molar-refractivity contribution in [1.82, 2.24) is 5.32 Å². The Morgan fingerprint density at radius 1 is 1.06 bits per heavy atom. The summed E-state index contributed by atoms with van der Waals surface area (Å²) in [6, 6.07) is 17.6. The van der Waals surface area contributed by atoms with Crippen LogP contribution in [0.4, 0.5) is 4.79 Å². The molecule has 1 N–H and O–H groups in total. The van der Waals surface area contributed by atoms with Crippen molar-refractivity contribution in [3.8, 4) is 5.75 Å². The minimum Gasteiger partial charge on any atom is -0.491 e. The molecule has 0 aliphatic carbocycles. The predicted molar refractivity (Wildman–Crippen MR) is 129 cm³/mol. The molecule has 0 radical (unpaired) electrons. The van der Waals surface area contributed by atoms with E-state index in [9.17, 15) is 9.59 Å². The normalized spacial score (nSPS) is 17.0. The van der Waals surface area contributed by atoms with E-state index in [0.717, 1.165) is 28.6 Å². The number of hydrogen-bond donors (Lipinski definition) is 1. The fourth-order valence-electron chi connectivity index (χ4n) is 2.79. The highest BCUT2D eigenvalue weighted by molar-refractivity contribution is 8.18. The van der Waals surface area contributed by atoms with Crippen LogP contribution in [-0.4, -0.2) is 27.5 Å². The van der Waals surface area contributed by atoms with Crippen LogP contribution < -0.4 is 10.1 Å². The van der Waals surface area contributed by atoms with E-state index >= 15 is 0 Å². The summed E-state index contributed by atoms with van der Waals surface area (Å²) < 4.78 is 12.5. The van der Waals surface area contributed by atoms with Crippen molar-refractivity contribution in [3.63, 3.8) is 0 Å². The Bertz CT molecular complexity index is 942. The maximum Gasteiger partial charge on any atom is 0.290 e. The largest absolute Gasteiger partial charge is 0.491 e. The van der Waals surface area contributed by atoms with Gasteiger partial charge in [-0.25, -0.2) is 0 Å². The van der Waals surface area contributed by atoms with E-state index in [-0.39, 0.29) is 22.3 Å². The average molecular weight is 456 g/mol. The van der Waals surface area contributed by atoms with Crippen molar-refractivity contribution >= 4 is 38.7 Å². The van der Waals surface area contributed by atoms with Crippen LogP contribution in [0.5, 0.6) is 5.75 Å². The van der Waals surface area contributed by atoms with Crippen LogP contribution in [0.3, 0.4) is 0 Å². The summed E-state index contributed by atoms with van der Waals surface area (Å²) in [6.07, 6.45) is 1.55. The minimum absolute atomic E-state index is 0.169. The lowest BCUT2D eigenvalue weighted by Gasteiger charge is -2.31. The molecule has 2 aromatic carbocycles. The lowest BCUT2D eigenvalue weighted by Crippen LogP contribution is -2.26. The van der Waals surface area contributed by atoms with Gasteiger partial charge in [-0.1, -0.05) is 70.2 Å². The van der Waals surface area contributed by atoms with Crippen LogP contribution in [0, 0.1) is 5.92 Å². The highest BCUT2D eigenvalue weighted by Crippen LogP contribution is 2.35. The Morgan fingerprint density at radius 3 is 2.32 bits per heavy atom. The lowest BCUT2D eigenvalue weighted by molar-refractivity contribution is -0.115. The van der Waals surface area contributed by atoms with Gasteiger partial charge < -0.3 is 9.16 Å². The Labute approximate surface area is 190 Å². The van der Waals surface area contributed by atoms with Gasteiger partial charge in [0.2, 0.25) is 0 Å². The monoisotopic (exact) mass is 455 g/mol. The zero-order chi connectivity index (χ0) is 22.4. The van der Waals surface area contributed by atoms with E-state index < -0.39 is 9.76 Å². The number of imide groups is 1. The van der Waals surface area contributed by atoms with Crippen molar-refractivity contribution in [2.45, 2.75) is 38.8 Å². The zero-order valence-corrected chi connectivity index (χ0v) is 20.6. The van der Waals surface area contributed by atoms with Crippen LogP contribution in [0.1, 0.15) is 44.9 Å². The number of para-hydroxylation sites is 1. The molecule has 164 valence electrons. The van der Waals surface area contributed by atoms with E-state index in [2.05, 4.69) is 33.0 Å². The summed E-state index contributed by atoms with van der Waals surface area (Å²) in [6.45, 7) is 9.42. The number of thioether (sulfide) groups is 1. The standard InChI is InChI=1S/C24H29NO4SSi/c1-16(2)24(3,4)31-29-20(15-28-19-8-6-5-7-9-19)18-12-10-17(11-13-18)14-21-22(26)25-23(27)30-21/h5-14,16,20H,15,31H2,1-4H3,(H,25,26,27)/b21-14-. The van der Waals surface area contributed by atoms with E-state index in [4.69, 9.17) is 9.16 Å². The van der Waals surface area contributed by atoms with Crippen LogP contribution >= 0.6 is 11.8 Å². The van der Waals surface area contributed by atoms with Gasteiger partial charge in [0.1, 0.15) is 18.5 Å². The molecule has 1 saturated heterocycles. The summed E-state index contributed by atoms with van der Waals surface area (Å²) in [5, 5.41) is 2.11. The molecule has 1 atom stereocenters. The third-order valence-corrected chi connectivity index (χ3v) is 8.55. The maximum absolute atomic E-state index is 11.8. The average Bonchev–Trinajstić information content (AvgIpc) is 3.06. The second-order valence-corrected chi connectivity index (χ2v) is 12.0. The topological polar surface area (TPSA) is 64.6 Å². The van der Waals surface area contributed by atoms with E-state index in [1.807, 2.05) is 54.6 Å². The molecule has 3 rings (SSSR count). The quantitative estimate of drug-likeness (QED) is 0.422. The van der Waals surface area contributed by atoms with Gasteiger partial charge in [0.15, 0.2) is 9.76 Å². The van der Waals surface area contributed by atoms with Gasteiger partial charge in [0.05, 0.1) is 4.91 Å². The van der Waals surface area contributed by atoms with Crippen LogP contribution in [0.15, 0.2) is 59.5 Å². The van der Waals surface area contributed by atoms with Gasteiger partial charge in [-0.15, -0.1) is 0 Å². The predicted octanol–water partition coefficient (Wildman–Crippen LogP) is 5.09. The third-order valence-electron chi connectivity index (χ3n) is 5.61. The number of hydrogen-bond acceptors (Lipinski definition) is 5. The van der Waals surface area contributed by atoms with Gasteiger partial charge in [-0.3, -0.25) is 14.9 Å². The second-order valence-electron chi connectivity index (χ2n) is 8.59. The zero-order valence-electron chi connectivity index (χ0n) is 18.4. The molecule has 0 saturated carbocycles. The number of ether oxygens (including phenoxy) is 1. The number of carbonyl (C=O) groups is 2. The molecule has 31 heavy (non-hydrogen) atoms. The first-order valence-corrected chi connectivity index (χ1v) is 12.5. The van der Waals surface area contributed by atoms with E-state index in [1.54, 1.807) is 6.08 Å². The van der Waals surface area contributed by atoms with Gasteiger partial charge in [0.25, 0.3) is 11.1 Å². The number of carbonyl (C=O) groups excluding carboxylic acids is 2. The first-order valence-electron chi connectivity index (χ1n) is 10.4. The molecule has 2 amide bonds. The molecule has 5 nitrogen and oxygen atoms in total. The van der Waals surface area contributed by atoms with Crippen LogP contribution in [-0.2, 0) is 9.22 Å². The van der Waals surface area contributed by atoms with Gasteiger partial charge in [0, 0.05) is 0 Å². The molecular weight excluding hydrogens is 426 g/mol. The molecule has 0 bridgehead atoms. The summed E-state index contributed by atoms with van der Waals surface area (Å²) in [5.41, 5.74) is 1.89. The van der Waals surface area contributed by atoms with Gasteiger partial charge in [-0.2, -0.15) is 0 Å². The van der Waals surface area contributed by atoms with E-state index in [1.165, 1.54) is 0 Å². The van der Waals surface area contributed by atoms with Crippen molar-refractivity contribution in [3.05, 3.63) is 70.6 Å². The minimum atomic E-state index is -0.825.